The fourth-order valence-corrected chi connectivity index (χ4v) is 2.81. The lowest BCUT2D eigenvalue weighted by Gasteiger charge is -2.01. The minimum absolute atomic E-state index is 0. The molecule has 0 aliphatic heterocycles. The Kier molecular flexibility index (Phi) is 5.29. The molecule has 2 aromatic heterocycles. The lowest BCUT2D eigenvalue weighted by Crippen LogP contribution is -2.21. The summed E-state index contributed by atoms with van der Waals surface area (Å²) in [7, 11) is 0. The molecular weight excluding hydrogens is 373 g/mol. The van der Waals surface area contributed by atoms with Crippen LogP contribution in [-0.4, -0.2) is 26.5 Å². The van der Waals surface area contributed by atoms with Crippen LogP contribution in [0.1, 0.15) is 5.69 Å². The van der Waals surface area contributed by atoms with Crippen molar-refractivity contribution in [2.75, 3.05) is 0 Å². The summed E-state index contributed by atoms with van der Waals surface area (Å²) < 4.78 is 15.3. The van der Waals surface area contributed by atoms with Crippen molar-refractivity contribution >= 4 is 46.6 Å². The number of thiazole rings is 1. The van der Waals surface area contributed by atoms with Gasteiger partial charge < -0.3 is 11.5 Å². The van der Waals surface area contributed by atoms with Gasteiger partial charge in [0.1, 0.15) is 0 Å². The molecule has 3 aromatic rings. The molecule has 2 heterocycles. The summed E-state index contributed by atoms with van der Waals surface area (Å²) in [5.41, 5.74) is 11.1. The molecule has 3 rings (SSSR count). The van der Waals surface area contributed by atoms with Crippen molar-refractivity contribution in [3.63, 3.8) is 0 Å². The Morgan fingerprint density at radius 3 is 2.88 bits per heavy atom. The number of nitro groups is 1. The Labute approximate surface area is 150 Å². The first-order chi connectivity index (χ1) is 11.5. The van der Waals surface area contributed by atoms with Crippen LogP contribution < -0.4 is 11.5 Å². The Hall–Kier alpha value is -3.05. The average Bonchev–Trinajstić information content (AvgIpc) is 3.09. The first kappa shape index (κ1) is 18.3. The van der Waals surface area contributed by atoms with Gasteiger partial charge in [-0.15, -0.1) is 28.8 Å². The van der Waals surface area contributed by atoms with Crippen molar-refractivity contribution in [3.8, 4) is 11.3 Å². The van der Waals surface area contributed by atoms with Crippen LogP contribution in [-0.2, 0) is 0 Å². The number of benzene rings is 1. The number of hydrogen-bond acceptors (Lipinski definition) is 6. The van der Waals surface area contributed by atoms with E-state index in [0.29, 0.717) is 21.9 Å². The highest BCUT2D eigenvalue weighted by Crippen LogP contribution is 2.29. The molecule has 1 aromatic carbocycles. The van der Waals surface area contributed by atoms with Gasteiger partial charge in [0.25, 0.3) is 0 Å². The maximum Gasteiger partial charge on any atom is 0.305 e. The molecule has 0 aliphatic carbocycles. The van der Waals surface area contributed by atoms with Gasteiger partial charge in [0.05, 0.1) is 22.5 Å². The Balaban J connectivity index is 0.00000225. The van der Waals surface area contributed by atoms with Crippen LogP contribution >= 0.6 is 23.7 Å². The Bertz CT molecular complexity index is 994. The standard InChI is InChI=1S/C13H10FN7O2S.ClH/c14-8-2-1-7(5-9(8)21(22)23)11-10(6-17-19-12(15)16)20-3-4-24-13(20)18-11;/h1-6H,(H4,15,16,19);1H/b17-6+;. The number of guanidine groups is 1. The molecule has 0 saturated heterocycles. The largest absolute Gasteiger partial charge is 0.369 e. The quantitative estimate of drug-likeness (QED) is 0.307. The summed E-state index contributed by atoms with van der Waals surface area (Å²) in [6.45, 7) is 0. The smallest absolute Gasteiger partial charge is 0.305 e. The molecule has 0 bridgehead atoms. The maximum atomic E-state index is 13.5. The molecular formula is C13H11ClFN7O2S. The predicted molar refractivity (Wildman–Crippen MR) is 95.8 cm³/mol. The van der Waals surface area contributed by atoms with Crippen LogP contribution in [0.4, 0.5) is 10.1 Å². The molecule has 0 saturated carbocycles. The third-order valence-electron chi connectivity index (χ3n) is 3.07. The van der Waals surface area contributed by atoms with Crippen LogP contribution in [0, 0.1) is 15.9 Å². The van der Waals surface area contributed by atoms with Gasteiger partial charge in [0, 0.05) is 23.2 Å². The molecule has 0 radical (unpaired) electrons. The van der Waals surface area contributed by atoms with Gasteiger partial charge in [0.15, 0.2) is 4.96 Å². The summed E-state index contributed by atoms with van der Waals surface area (Å²) in [6, 6.07) is 3.56. The fraction of sp³-hybridized carbons (Fsp3) is 0. The summed E-state index contributed by atoms with van der Waals surface area (Å²) in [6.07, 6.45) is 3.13. The zero-order valence-corrected chi connectivity index (χ0v) is 14.0. The molecule has 0 spiro atoms. The van der Waals surface area contributed by atoms with Gasteiger partial charge in [-0.1, -0.05) is 0 Å². The zero-order valence-electron chi connectivity index (χ0n) is 12.4. The van der Waals surface area contributed by atoms with Crippen LogP contribution in [0.15, 0.2) is 40.0 Å². The second-order valence-electron chi connectivity index (χ2n) is 4.59. The lowest BCUT2D eigenvalue weighted by atomic mass is 10.1. The first-order valence-electron chi connectivity index (χ1n) is 6.49. The number of hydrogen-bond donors (Lipinski definition) is 2. The molecule has 0 fully saturated rings. The van der Waals surface area contributed by atoms with Crippen molar-refractivity contribution in [2.24, 2.45) is 21.7 Å². The van der Waals surface area contributed by atoms with Crippen molar-refractivity contribution in [2.45, 2.75) is 0 Å². The molecule has 0 atom stereocenters. The van der Waals surface area contributed by atoms with Gasteiger partial charge in [-0.05, 0) is 12.1 Å². The van der Waals surface area contributed by atoms with Gasteiger partial charge >= 0.3 is 5.69 Å². The number of aromatic nitrogens is 2. The van der Waals surface area contributed by atoms with Gasteiger partial charge in [0.2, 0.25) is 11.8 Å². The highest BCUT2D eigenvalue weighted by molar-refractivity contribution is 7.15. The van der Waals surface area contributed by atoms with Crippen LogP contribution in [0.5, 0.6) is 0 Å². The molecule has 9 nitrogen and oxygen atoms in total. The van der Waals surface area contributed by atoms with Gasteiger partial charge in [-0.3, -0.25) is 14.5 Å². The number of nitrogens with two attached hydrogens (primary N) is 2. The monoisotopic (exact) mass is 383 g/mol. The van der Waals surface area contributed by atoms with E-state index >= 15 is 0 Å². The third kappa shape index (κ3) is 3.56. The van der Waals surface area contributed by atoms with E-state index in [1.165, 1.54) is 23.6 Å². The van der Waals surface area contributed by atoms with Gasteiger partial charge in [-0.25, -0.2) is 4.98 Å². The second-order valence-corrected chi connectivity index (χ2v) is 5.47. The summed E-state index contributed by atoms with van der Waals surface area (Å²) in [4.78, 5) is 15.2. The molecule has 0 amide bonds. The minimum Gasteiger partial charge on any atom is -0.369 e. The van der Waals surface area contributed by atoms with E-state index in [2.05, 4.69) is 15.2 Å². The molecule has 12 heteroatoms. The number of rotatable bonds is 4. The summed E-state index contributed by atoms with van der Waals surface area (Å²) >= 11 is 1.37. The van der Waals surface area contributed by atoms with E-state index < -0.39 is 16.4 Å². The van der Waals surface area contributed by atoms with Crippen LogP contribution in [0.2, 0.25) is 0 Å². The van der Waals surface area contributed by atoms with E-state index in [0.717, 1.165) is 12.1 Å². The molecule has 25 heavy (non-hydrogen) atoms. The van der Waals surface area contributed by atoms with Crippen LogP contribution in [0.3, 0.4) is 0 Å². The molecule has 0 unspecified atom stereocenters. The summed E-state index contributed by atoms with van der Waals surface area (Å²) in [5, 5.41) is 20.0. The molecule has 0 aliphatic rings. The van der Waals surface area contributed by atoms with Crippen LogP contribution in [0.25, 0.3) is 16.2 Å². The van der Waals surface area contributed by atoms with Crippen molar-refractivity contribution < 1.29 is 9.31 Å². The van der Waals surface area contributed by atoms with Gasteiger partial charge in [-0.2, -0.15) is 9.49 Å². The lowest BCUT2D eigenvalue weighted by molar-refractivity contribution is -0.387. The zero-order chi connectivity index (χ0) is 17.3. The normalized spacial score (nSPS) is 10.8. The SMILES string of the molecule is Cl.NC(N)=N/N=C/c1c(-c2ccc(F)c([N+](=O)[O-])c2)nc2sccn12. The third-order valence-corrected chi connectivity index (χ3v) is 3.83. The number of fused-ring (bicyclic) bond motifs is 1. The highest BCUT2D eigenvalue weighted by Gasteiger charge is 2.19. The van der Waals surface area contributed by atoms with Crippen molar-refractivity contribution in [1.29, 1.82) is 0 Å². The maximum absolute atomic E-state index is 13.5. The first-order valence-corrected chi connectivity index (χ1v) is 7.37. The average molecular weight is 384 g/mol. The van der Waals surface area contributed by atoms with E-state index in [1.807, 2.05) is 5.38 Å². The number of imidazole rings is 1. The van der Waals surface area contributed by atoms with Crippen molar-refractivity contribution in [1.82, 2.24) is 9.38 Å². The number of nitrogens with zero attached hydrogens (tertiary/aromatic N) is 5. The highest BCUT2D eigenvalue weighted by atomic mass is 35.5. The topological polar surface area (TPSA) is 137 Å². The molecule has 130 valence electrons. The van der Waals surface area contributed by atoms with E-state index in [9.17, 15) is 14.5 Å². The van der Waals surface area contributed by atoms with Crippen molar-refractivity contribution in [3.05, 3.63) is 51.4 Å². The Morgan fingerprint density at radius 2 is 2.20 bits per heavy atom. The number of halogens is 2. The molecule has 4 N–H and O–H groups in total. The number of nitro benzene ring substituents is 1. The Morgan fingerprint density at radius 1 is 1.44 bits per heavy atom. The van der Waals surface area contributed by atoms with E-state index in [-0.39, 0.29) is 18.4 Å². The second kappa shape index (κ2) is 7.23. The minimum atomic E-state index is -0.916. The summed E-state index contributed by atoms with van der Waals surface area (Å²) in [5.74, 6) is -1.13. The predicted octanol–water partition coefficient (Wildman–Crippen LogP) is 2.14. The fourth-order valence-electron chi connectivity index (χ4n) is 2.09. The van der Waals surface area contributed by atoms with E-state index in [1.54, 1.807) is 10.6 Å². The van der Waals surface area contributed by atoms with E-state index in [4.69, 9.17) is 11.5 Å².